The quantitative estimate of drug-likeness (QED) is 0.892. The van der Waals surface area contributed by atoms with Crippen molar-refractivity contribution < 1.29 is 9.90 Å². The minimum atomic E-state index is -0.603. The largest absolute Gasteiger partial charge is 0.389 e. The van der Waals surface area contributed by atoms with E-state index in [2.05, 4.69) is 12.2 Å². The smallest absolute Gasteiger partial charge is 0.265 e. The molecule has 1 heterocycles. The van der Waals surface area contributed by atoms with Crippen LogP contribution in [0.5, 0.6) is 0 Å². The second-order valence-corrected chi connectivity index (χ2v) is 7.26. The van der Waals surface area contributed by atoms with Crippen LogP contribution in [-0.4, -0.2) is 11.0 Å². The fourth-order valence-corrected chi connectivity index (χ4v) is 4.08. The van der Waals surface area contributed by atoms with Gasteiger partial charge in [-0.05, 0) is 49.8 Å². The number of rotatable bonds is 3. The van der Waals surface area contributed by atoms with Crippen molar-refractivity contribution in [1.82, 2.24) is 0 Å². The van der Waals surface area contributed by atoms with Crippen molar-refractivity contribution in [3.8, 4) is 0 Å². The number of carbonyl (C=O) groups is 1. The van der Waals surface area contributed by atoms with Gasteiger partial charge in [-0.3, -0.25) is 4.79 Å². The highest BCUT2D eigenvalue weighted by Crippen LogP contribution is 2.33. The number of aliphatic hydroxyl groups is 1. The summed E-state index contributed by atoms with van der Waals surface area (Å²) in [4.78, 5) is 14.6. The van der Waals surface area contributed by atoms with Crippen LogP contribution in [0.3, 0.4) is 0 Å². The number of aryl methyl sites for hydroxylation is 1. The molecule has 22 heavy (non-hydrogen) atoms. The van der Waals surface area contributed by atoms with Crippen LogP contribution < -0.4 is 5.32 Å². The second kappa shape index (κ2) is 6.23. The molecule has 0 bridgehead atoms. The summed E-state index contributed by atoms with van der Waals surface area (Å²) < 4.78 is 0. The first-order chi connectivity index (χ1) is 10.5. The molecule has 116 valence electrons. The summed E-state index contributed by atoms with van der Waals surface area (Å²) in [6.45, 7) is 3.97. The normalized spacial score (nSPS) is 18.6. The van der Waals surface area contributed by atoms with Crippen molar-refractivity contribution in [2.75, 3.05) is 5.32 Å². The van der Waals surface area contributed by atoms with Crippen LogP contribution in [-0.2, 0) is 12.8 Å². The van der Waals surface area contributed by atoms with Gasteiger partial charge in [-0.15, -0.1) is 11.3 Å². The zero-order chi connectivity index (χ0) is 15.7. The van der Waals surface area contributed by atoms with Crippen molar-refractivity contribution in [1.29, 1.82) is 0 Å². The lowest BCUT2D eigenvalue weighted by molar-refractivity contribution is 0.103. The third-order valence-corrected chi connectivity index (χ3v) is 5.45. The van der Waals surface area contributed by atoms with Crippen molar-refractivity contribution in [2.24, 2.45) is 5.92 Å². The number of anilines is 1. The van der Waals surface area contributed by atoms with Crippen LogP contribution in [0.1, 0.15) is 52.0 Å². The van der Waals surface area contributed by atoms with E-state index in [9.17, 15) is 9.90 Å². The molecule has 0 spiro atoms. The Kier molecular flexibility index (Phi) is 4.32. The maximum atomic E-state index is 12.5. The molecular formula is C18H21NO2S. The van der Waals surface area contributed by atoms with E-state index in [0.717, 1.165) is 23.3 Å². The van der Waals surface area contributed by atoms with E-state index < -0.39 is 6.10 Å². The number of aliphatic hydroxyl groups excluding tert-OH is 1. The molecule has 3 nitrogen and oxygen atoms in total. The highest BCUT2D eigenvalue weighted by Gasteiger charge is 2.21. The van der Waals surface area contributed by atoms with Gasteiger partial charge in [0.1, 0.15) is 0 Å². The number of fused-ring (bicyclic) bond motifs is 1. The van der Waals surface area contributed by atoms with Gasteiger partial charge in [0, 0.05) is 16.1 Å². The van der Waals surface area contributed by atoms with Gasteiger partial charge in [0.05, 0.1) is 11.0 Å². The van der Waals surface area contributed by atoms with Crippen molar-refractivity contribution in [3.05, 3.63) is 51.2 Å². The third kappa shape index (κ3) is 3.08. The molecule has 1 amide bonds. The summed E-state index contributed by atoms with van der Waals surface area (Å²) in [5.74, 6) is 0.620. The summed E-state index contributed by atoms with van der Waals surface area (Å²) in [6, 6.07) is 9.43. The van der Waals surface area contributed by atoms with Gasteiger partial charge in [-0.25, -0.2) is 0 Å². The highest BCUT2D eigenvalue weighted by atomic mass is 32.1. The Bertz CT molecular complexity index is 690. The summed E-state index contributed by atoms with van der Waals surface area (Å²) in [6.07, 6.45) is 2.76. The standard InChI is InChI=1S/C18H21NO2S/c1-11-7-8-16-13(9-11)10-17(22-16)18(21)19-15-6-4-3-5-14(15)12(2)20/h3-6,10-12,20H,7-9H2,1-2H3,(H,19,21). The summed E-state index contributed by atoms with van der Waals surface area (Å²) >= 11 is 1.60. The Labute approximate surface area is 135 Å². The minimum Gasteiger partial charge on any atom is -0.389 e. The lowest BCUT2D eigenvalue weighted by Crippen LogP contribution is -2.12. The number of hydrogen-bond donors (Lipinski definition) is 2. The maximum absolute atomic E-state index is 12.5. The van der Waals surface area contributed by atoms with Gasteiger partial charge in [0.25, 0.3) is 5.91 Å². The summed E-state index contributed by atoms with van der Waals surface area (Å²) in [7, 11) is 0. The molecule has 4 heteroatoms. The lowest BCUT2D eigenvalue weighted by Gasteiger charge is -2.16. The van der Waals surface area contributed by atoms with E-state index in [1.54, 1.807) is 18.3 Å². The molecule has 0 fully saturated rings. The van der Waals surface area contributed by atoms with E-state index in [1.807, 2.05) is 30.3 Å². The van der Waals surface area contributed by atoms with E-state index >= 15 is 0 Å². The maximum Gasteiger partial charge on any atom is 0.265 e. The van der Waals surface area contributed by atoms with Gasteiger partial charge in [-0.1, -0.05) is 25.1 Å². The first-order valence-electron chi connectivity index (χ1n) is 7.74. The average Bonchev–Trinajstić information content (AvgIpc) is 2.90. The molecule has 1 aromatic heterocycles. The molecule has 0 radical (unpaired) electrons. The van der Waals surface area contributed by atoms with Gasteiger partial charge < -0.3 is 10.4 Å². The highest BCUT2D eigenvalue weighted by molar-refractivity contribution is 7.14. The predicted molar refractivity (Wildman–Crippen MR) is 90.5 cm³/mol. The van der Waals surface area contributed by atoms with E-state index in [1.165, 1.54) is 16.9 Å². The molecule has 0 saturated carbocycles. The fourth-order valence-electron chi connectivity index (χ4n) is 2.98. The number of thiophene rings is 1. The SMILES string of the molecule is CC1CCc2sc(C(=O)Nc3ccccc3C(C)O)cc2C1. The third-order valence-electron chi connectivity index (χ3n) is 4.21. The number of benzene rings is 1. The van der Waals surface area contributed by atoms with Crippen LogP contribution in [0.15, 0.2) is 30.3 Å². The molecule has 1 aromatic carbocycles. The Morgan fingerprint density at radius 2 is 2.18 bits per heavy atom. The number of para-hydroxylation sites is 1. The monoisotopic (exact) mass is 315 g/mol. The van der Waals surface area contributed by atoms with Gasteiger partial charge in [0.15, 0.2) is 0 Å². The Morgan fingerprint density at radius 3 is 2.95 bits per heavy atom. The number of hydrogen-bond acceptors (Lipinski definition) is 3. The Morgan fingerprint density at radius 1 is 1.41 bits per heavy atom. The van der Waals surface area contributed by atoms with Gasteiger partial charge in [0.2, 0.25) is 0 Å². The van der Waals surface area contributed by atoms with Crippen molar-refractivity contribution in [2.45, 2.75) is 39.2 Å². The Hall–Kier alpha value is -1.65. The number of amides is 1. The molecule has 2 N–H and O–H groups in total. The molecule has 2 unspecified atom stereocenters. The van der Waals surface area contributed by atoms with E-state index in [-0.39, 0.29) is 5.91 Å². The second-order valence-electron chi connectivity index (χ2n) is 6.12. The van der Waals surface area contributed by atoms with E-state index in [4.69, 9.17) is 0 Å². The Balaban J connectivity index is 1.81. The van der Waals surface area contributed by atoms with Crippen LogP contribution in [0.2, 0.25) is 0 Å². The van der Waals surface area contributed by atoms with Crippen molar-refractivity contribution in [3.63, 3.8) is 0 Å². The van der Waals surface area contributed by atoms with Crippen LogP contribution in [0.25, 0.3) is 0 Å². The average molecular weight is 315 g/mol. The van der Waals surface area contributed by atoms with Gasteiger partial charge >= 0.3 is 0 Å². The number of nitrogens with one attached hydrogen (secondary N) is 1. The molecular weight excluding hydrogens is 294 g/mol. The van der Waals surface area contributed by atoms with Crippen LogP contribution in [0, 0.1) is 5.92 Å². The van der Waals surface area contributed by atoms with Crippen LogP contribution >= 0.6 is 11.3 Å². The molecule has 2 aromatic rings. The summed E-state index contributed by atoms with van der Waals surface area (Å²) in [5, 5.41) is 12.7. The minimum absolute atomic E-state index is 0.0832. The molecule has 1 aliphatic rings. The molecule has 0 saturated heterocycles. The molecule has 0 aliphatic heterocycles. The van der Waals surface area contributed by atoms with Gasteiger partial charge in [-0.2, -0.15) is 0 Å². The summed E-state index contributed by atoms with van der Waals surface area (Å²) in [5.41, 5.74) is 2.76. The first kappa shape index (κ1) is 15.3. The fraction of sp³-hybridized carbons (Fsp3) is 0.389. The topological polar surface area (TPSA) is 49.3 Å². The van der Waals surface area contributed by atoms with Crippen LogP contribution in [0.4, 0.5) is 5.69 Å². The first-order valence-corrected chi connectivity index (χ1v) is 8.56. The zero-order valence-corrected chi connectivity index (χ0v) is 13.7. The van der Waals surface area contributed by atoms with E-state index in [0.29, 0.717) is 11.6 Å². The predicted octanol–water partition coefficient (Wildman–Crippen LogP) is 4.18. The van der Waals surface area contributed by atoms with Crippen molar-refractivity contribution >= 4 is 22.9 Å². The zero-order valence-electron chi connectivity index (χ0n) is 12.9. The molecule has 2 atom stereocenters. The lowest BCUT2D eigenvalue weighted by atomic mass is 9.90. The molecule has 3 rings (SSSR count). The molecule has 1 aliphatic carbocycles. The number of carbonyl (C=O) groups excluding carboxylic acids is 1.